The summed E-state index contributed by atoms with van der Waals surface area (Å²) in [5, 5.41) is 11.5. The summed E-state index contributed by atoms with van der Waals surface area (Å²) in [4.78, 5) is 0.0419. The summed E-state index contributed by atoms with van der Waals surface area (Å²) in [6, 6.07) is 12.7. The van der Waals surface area contributed by atoms with Crippen LogP contribution in [-0.4, -0.2) is 25.0 Å². The Morgan fingerprint density at radius 1 is 0.929 bits per heavy atom. The summed E-state index contributed by atoms with van der Waals surface area (Å²) < 4.78 is 58.8. The second-order valence-electron chi connectivity index (χ2n) is 6.65. The predicted octanol–water partition coefficient (Wildman–Crippen LogP) is 5.10. The molecule has 148 valence electrons. The topological polar surface area (TPSA) is 63.6 Å². The standard InChI is InChI=1S/C20H18F2O4S2/c21-14-7-9-20(17(22)13-14)28(24,25)26-27(11-3-4-12-27)19-10-8-18(23)15-5-1-2-6-16(15)19/h1-2,5-10,13,23H,3-4,11-12H2. The van der Waals surface area contributed by atoms with Crippen molar-refractivity contribution in [3.63, 3.8) is 0 Å². The summed E-state index contributed by atoms with van der Waals surface area (Å²) in [5.41, 5.74) is 0. The highest BCUT2D eigenvalue weighted by Gasteiger charge is 2.39. The molecule has 0 bridgehead atoms. The molecule has 1 heterocycles. The molecule has 1 aliphatic heterocycles. The zero-order valence-electron chi connectivity index (χ0n) is 14.8. The van der Waals surface area contributed by atoms with Crippen molar-refractivity contribution in [1.82, 2.24) is 0 Å². The first-order valence-corrected chi connectivity index (χ1v) is 12.0. The summed E-state index contributed by atoms with van der Waals surface area (Å²) in [6.07, 6.45) is 1.57. The van der Waals surface area contributed by atoms with Crippen molar-refractivity contribution in [2.75, 3.05) is 11.5 Å². The van der Waals surface area contributed by atoms with E-state index in [9.17, 15) is 22.3 Å². The monoisotopic (exact) mass is 424 g/mol. The molecule has 1 N–H and O–H groups in total. The van der Waals surface area contributed by atoms with Crippen molar-refractivity contribution in [3.05, 3.63) is 66.2 Å². The van der Waals surface area contributed by atoms with Crippen molar-refractivity contribution >= 4 is 31.2 Å². The van der Waals surface area contributed by atoms with E-state index >= 15 is 0 Å². The lowest BCUT2D eigenvalue weighted by molar-refractivity contribution is 0.481. The van der Waals surface area contributed by atoms with Crippen LogP contribution in [0.2, 0.25) is 0 Å². The lowest BCUT2D eigenvalue weighted by Crippen LogP contribution is -2.16. The van der Waals surface area contributed by atoms with Gasteiger partial charge in [-0.15, -0.1) is 0 Å². The molecule has 0 radical (unpaired) electrons. The number of rotatable bonds is 4. The third kappa shape index (κ3) is 3.25. The second kappa shape index (κ2) is 7.02. The van der Waals surface area contributed by atoms with Crippen molar-refractivity contribution < 1.29 is 25.9 Å². The van der Waals surface area contributed by atoms with Crippen molar-refractivity contribution in [3.8, 4) is 5.75 Å². The molecule has 0 aromatic heterocycles. The summed E-state index contributed by atoms with van der Waals surface area (Å²) in [7, 11) is -6.72. The van der Waals surface area contributed by atoms with Crippen LogP contribution in [0.25, 0.3) is 10.8 Å². The molecule has 0 aliphatic carbocycles. The molecule has 0 atom stereocenters. The van der Waals surface area contributed by atoms with Crippen molar-refractivity contribution in [2.24, 2.45) is 0 Å². The molecule has 0 saturated carbocycles. The van der Waals surface area contributed by atoms with Crippen LogP contribution < -0.4 is 0 Å². The number of benzene rings is 3. The maximum absolute atomic E-state index is 14.1. The Labute approximate surface area is 163 Å². The summed E-state index contributed by atoms with van der Waals surface area (Å²) in [6.45, 7) is 0. The fraction of sp³-hybridized carbons (Fsp3) is 0.200. The zero-order chi connectivity index (χ0) is 19.9. The van der Waals surface area contributed by atoms with Gasteiger partial charge in [0.2, 0.25) is 0 Å². The molecule has 4 rings (SSSR count). The lowest BCUT2D eigenvalue weighted by Gasteiger charge is -2.35. The van der Waals surface area contributed by atoms with Gasteiger partial charge in [0.05, 0.1) is 0 Å². The normalized spacial score (nSPS) is 17.6. The van der Waals surface area contributed by atoms with E-state index in [-0.39, 0.29) is 5.75 Å². The highest BCUT2D eigenvalue weighted by Crippen LogP contribution is 2.64. The van der Waals surface area contributed by atoms with Crippen LogP contribution in [0.4, 0.5) is 8.78 Å². The Morgan fingerprint density at radius 2 is 1.61 bits per heavy atom. The van der Waals surface area contributed by atoms with Crippen LogP contribution in [0.5, 0.6) is 5.75 Å². The summed E-state index contributed by atoms with van der Waals surface area (Å²) in [5.74, 6) is -0.903. The highest BCUT2D eigenvalue weighted by atomic mass is 32.3. The molecular formula is C20H18F2O4S2. The van der Waals surface area contributed by atoms with Gasteiger partial charge in [0.15, 0.2) is 0 Å². The van der Waals surface area contributed by atoms with Gasteiger partial charge in [-0.25, -0.2) is 12.4 Å². The Bertz CT molecular complexity index is 1160. The molecule has 4 nitrogen and oxygen atoms in total. The van der Waals surface area contributed by atoms with Crippen LogP contribution in [0.15, 0.2) is 64.4 Å². The van der Waals surface area contributed by atoms with E-state index in [1.165, 1.54) is 6.07 Å². The van der Waals surface area contributed by atoms with Gasteiger partial charge in [-0.1, -0.05) is 34.6 Å². The van der Waals surface area contributed by atoms with Crippen molar-refractivity contribution in [2.45, 2.75) is 22.6 Å². The average molecular weight is 424 g/mol. The smallest absolute Gasteiger partial charge is 0.309 e. The van der Waals surface area contributed by atoms with Crippen LogP contribution in [0, 0.1) is 11.6 Å². The Balaban J connectivity index is 1.85. The number of phenolic OH excluding ortho intramolecular Hbond substituents is 1. The van der Waals surface area contributed by atoms with Crippen LogP contribution in [0.1, 0.15) is 12.8 Å². The van der Waals surface area contributed by atoms with Crippen LogP contribution in [0.3, 0.4) is 0 Å². The van der Waals surface area contributed by atoms with E-state index < -0.39 is 37.0 Å². The first-order chi connectivity index (χ1) is 13.3. The van der Waals surface area contributed by atoms with Gasteiger partial charge in [-0.05, 0) is 42.5 Å². The maximum atomic E-state index is 14.1. The first-order valence-electron chi connectivity index (χ1n) is 8.73. The molecule has 8 heteroatoms. The van der Waals surface area contributed by atoms with Gasteiger partial charge in [-0.3, -0.25) is 0 Å². The quantitative estimate of drug-likeness (QED) is 0.633. The lowest BCUT2D eigenvalue weighted by atomic mass is 10.1. The molecule has 3 aromatic carbocycles. The molecule has 28 heavy (non-hydrogen) atoms. The number of aromatic hydroxyl groups is 1. The third-order valence-corrected chi connectivity index (χ3v) is 10.5. The van der Waals surface area contributed by atoms with E-state index in [1.807, 2.05) is 12.1 Å². The van der Waals surface area contributed by atoms with Gasteiger partial charge in [-0.2, -0.15) is 8.42 Å². The molecule has 1 saturated heterocycles. The predicted molar refractivity (Wildman–Crippen MR) is 105 cm³/mol. The first kappa shape index (κ1) is 19.2. The second-order valence-corrected chi connectivity index (χ2v) is 11.4. The van der Waals surface area contributed by atoms with Gasteiger partial charge >= 0.3 is 10.1 Å². The molecule has 1 fully saturated rings. The minimum Gasteiger partial charge on any atom is -0.507 e. The largest absolute Gasteiger partial charge is 0.507 e. The fourth-order valence-corrected chi connectivity index (χ4v) is 9.48. The van der Waals surface area contributed by atoms with E-state index in [0.717, 1.165) is 25.0 Å². The third-order valence-electron chi connectivity index (χ3n) is 4.84. The average Bonchev–Trinajstić information content (AvgIpc) is 3.10. The molecule has 0 unspecified atom stereocenters. The molecule has 3 aromatic rings. The molecule has 0 spiro atoms. The minimum absolute atomic E-state index is 0.0966. The van der Waals surface area contributed by atoms with E-state index in [2.05, 4.69) is 0 Å². The van der Waals surface area contributed by atoms with Gasteiger partial charge in [0, 0.05) is 27.9 Å². The summed E-state index contributed by atoms with van der Waals surface area (Å²) >= 11 is 0. The molecule has 0 amide bonds. The Morgan fingerprint density at radius 3 is 2.29 bits per heavy atom. The Hall–Kier alpha value is -2.16. The van der Waals surface area contributed by atoms with Crippen molar-refractivity contribution in [1.29, 1.82) is 0 Å². The number of hydrogen-bond donors (Lipinski definition) is 1. The zero-order valence-corrected chi connectivity index (χ0v) is 16.4. The number of fused-ring (bicyclic) bond motifs is 1. The Kier molecular flexibility index (Phi) is 4.81. The van der Waals surface area contributed by atoms with E-state index in [0.29, 0.717) is 33.2 Å². The number of hydrogen-bond acceptors (Lipinski definition) is 4. The SMILES string of the molecule is O=S(=O)(OS1(c2ccc(O)c3ccccc23)CCCC1)c1ccc(F)cc1F. The van der Waals surface area contributed by atoms with Crippen LogP contribution >= 0.6 is 10.3 Å². The maximum Gasteiger partial charge on any atom is 0.309 e. The number of phenols is 1. The molecular weight excluding hydrogens is 406 g/mol. The van der Waals surface area contributed by atoms with Gasteiger partial charge in [0.25, 0.3) is 0 Å². The van der Waals surface area contributed by atoms with Gasteiger partial charge < -0.3 is 5.11 Å². The minimum atomic E-state index is -4.44. The molecule has 1 aliphatic rings. The van der Waals surface area contributed by atoms with E-state index in [1.54, 1.807) is 18.2 Å². The van der Waals surface area contributed by atoms with Gasteiger partial charge in [0.1, 0.15) is 22.3 Å². The van der Waals surface area contributed by atoms with Crippen LogP contribution in [-0.2, 0) is 13.7 Å². The number of halogens is 2. The van der Waals surface area contributed by atoms with E-state index in [4.69, 9.17) is 3.63 Å². The highest BCUT2D eigenvalue weighted by molar-refractivity contribution is 8.33. The fourth-order valence-electron chi connectivity index (χ4n) is 3.56.